The molecule has 1 fully saturated rings. The van der Waals surface area contributed by atoms with Crippen LogP contribution in [0.1, 0.15) is 65.1 Å². The molecule has 2 rings (SSSR count). The molecule has 154 valence electrons. The first-order valence-corrected chi connectivity index (χ1v) is 10.8. The van der Waals surface area contributed by atoms with Gasteiger partial charge in [0.15, 0.2) is 5.96 Å². The molecule has 1 aromatic rings. The van der Waals surface area contributed by atoms with Crippen LogP contribution >= 0.6 is 0 Å². The number of unbranched alkanes of at least 4 members (excludes halogenated alkanes) is 1. The number of hydrogen-bond donors (Lipinski definition) is 2. The fraction of sp³-hybridized carbons (Fsp3) is 0.850. The van der Waals surface area contributed by atoms with Crippen LogP contribution in [0, 0.1) is 5.92 Å². The summed E-state index contributed by atoms with van der Waals surface area (Å²) in [5.74, 6) is 2.66. The van der Waals surface area contributed by atoms with Gasteiger partial charge in [0.05, 0.1) is 6.10 Å². The molecule has 0 spiro atoms. The Bertz CT molecular complexity index is 550. The van der Waals surface area contributed by atoms with Crippen LogP contribution < -0.4 is 5.32 Å². The minimum atomic E-state index is -0.167. The molecule has 27 heavy (non-hydrogen) atoms. The lowest BCUT2D eigenvalue weighted by Crippen LogP contribution is -2.47. The molecule has 0 bridgehead atoms. The number of guanidine groups is 1. The zero-order valence-electron chi connectivity index (χ0n) is 17.4. The molecule has 0 aromatic carbocycles. The molecule has 7 heteroatoms. The van der Waals surface area contributed by atoms with Crippen molar-refractivity contribution in [3.63, 3.8) is 0 Å². The number of piperidine rings is 1. The van der Waals surface area contributed by atoms with Crippen molar-refractivity contribution in [3.05, 3.63) is 12.2 Å². The number of nitrogens with one attached hydrogen (secondary N) is 1. The summed E-state index contributed by atoms with van der Waals surface area (Å²) >= 11 is 0. The molecule has 1 aliphatic heterocycles. The smallest absolute Gasteiger partial charge is 0.193 e. The van der Waals surface area contributed by atoms with E-state index in [1.807, 2.05) is 0 Å². The van der Waals surface area contributed by atoms with Crippen LogP contribution in [-0.4, -0.2) is 63.0 Å². The van der Waals surface area contributed by atoms with Crippen LogP contribution in [0.5, 0.6) is 0 Å². The lowest BCUT2D eigenvalue weighted by atomic mass is 10.00. The van der Waals surface area contributed by atoms with Crippen LogP contribution in [-0.2, 0) is 13.0 Å². The largest absolute Gasteiger partial charge is 0.393 e. The highest BCUT2D eigenvalue weighted by atomic mass is 16.3. The maximum atomic E-state index is 9.82. The minimum absolute atomic E-state index is 0.167. The number of nitrogens with zero attached hydrogens (tertiary/aromatic N) is 5. The van der Waals surface area contributed by atoms with Crippen molar-refractivity contribution in [3.8, 4) is 0 Å². The molecule has 0 saturated carbocycles. The van der Waals surface area contributed by atoms with E-state index in [1.54, 1.807) is 6.33 Å². The molecule has 0 amide bonds. The zero-order chi connectivity index (χ0) is 19.5. The SMILES string of the molecule is CCCCC(CC)CN=C(NCCn1cnnc1CC)N1CCC(O)CC1. The molecule has 0 aliphatic carbocycles. The number of aromatic nitrogens is 3. The highest BCUT2D eigenvalue weighted by Crippen LogP contribution is 2.14. The third-order valence-electron chi connectivity index (χ3n) is 5.45. The van der Waals surface area contributed by atoms with Gasteiger partial charge in [0, 0.05) is 39.1 Å². The van der Waals surface area contributed by atoms with Crippen molar-refractivity contribution >= 4 is 5.96 Å². The fourth-order valence-corrected chi connectivity index (χ4v) is 3.51. The van der Waals surface area contributed by atoms with E-state index in [-0.39, 0.29) is 6.10 Å². The van der Waals surface area contributed by atoms with Crippen LogP contribution in [0.25, 0.3) is 0 Å². The van der Waals surface area contributed by atoms with Crippen molar-refractivity contribution < 1.29 is 5.11 Å². The summed E-state index contributed by atoms with van der Waals surface area (Å²) in [7, 11) is 0. The molecular weight excluding hydrogens is 340 g/mol. The molecule has 1 atom stereocenters. The summed E-state index contributed by atoms with van der Waals surface area (Å²) in [6.45, 7) is 10.9. The summed E-state index contributed by atoms with van der Waals surface area (Å²) in [4.78, 5) is 7.27. The van der Waals surface area contributed by atoms with Crippen LogP contribution in [0.2, 0.25) is 0 Å². The predicted octanol–water partition coefficient (Wildman–Crippen LogP) is 2.46. The molecule has 2 N–H and O–H groups in total. The standard InChI is InChI=1S/C20H38N6O/c1-4-7-8-17(5-2)15-22-20(25-12-9-18(27)10-13-25)21-11-14-26-16-23-24-19(26)6-3/h16-18,27H,4-15H2,1-3H3,(H,21,22). The molecule has 1 saturated heterocycles. The summed E-state index contributed by atoms with van der Waals surface area (Å²) in [5, 5.41) is 21.5. The Labute approximate surface area is 164 Å². The number of aryl methyl sites for hydroxylation is 1. The number of rotatable bonds is 10. The second-order valence-electron chi connectivity index (χ2n) is 7.52. The van der Waals surface area contributed by atoms with Crippen molar-refractivity contribution in [2.24, 2.45) is 10.9 Å². The van der Waals surface area contributed by atoms with E-state index in [2.05, 4.69) is 45.8 Å². The van der Waals surface area contributed by atoms with E-state index in [9.17, 15) is 5.11 Å². The highest BCUT2D eigenvalue weighted by molar-refractivity contribution is 5.80. The molecule has 1 aromatic heterocycles. The second-order valence-corrected chi connectivity index (χ2v) is 7.52. The molecule has 1 aliphatic rings. The number of hydrogen-bond acceptors (Lipinski definition) is 4. The first kappa shape index (κ1) is 21.7. The number of aliphatic imine (C=N–C) groups is 1. The third-order valence-corrected chi connectivity index (χ3v) is 5.45. The average molecular weight is 379 g/mol. The first-order chi connectivity index (χ1) is 13.2. The topological polar surface area (TPSA) is 78.6 Å². The van der Waals surface area contributed by atoms with E-state index in [0.29, 0.717) is 5.92 Å². The van der Waals surface area contributed by atoms with Gasteiger partial charge in [-0.15, -0.1) is 10.2 Å². The summed E-state index contributed by atoms with van der Waals surface area (Å²) in [6.07, 6.45) is 9.11. The van der Waals surface area contributed by atoms with Crippen molar-refractivity contribution in [1.29, 1.82) is 0 Å². The molecular formula is C20H38N6O. The van der Waals surface area contributed by atoms with Crippen molar-refractivity contribution in [1.82, 2.24) is 25.0 Å². The van der Waals surface area contributed by atoms with E-state index in [1.165, 1.54) is 25.7 Å². The number of likely N-dealkylation sites (tertiary alicyclic amines) is 1. The van der Waals surface area contributed by atoms with Gasteiger partial charge in [0.25, 0.3) is 0 Å². The maximum absolute atomic E-state index is 9.82. The molecule has 1 unspecified atom stereocenters. The predicted molar refractivity (Wildman–Crippen MR) is 110 cm³/mol. The van der Waals surface area contributed by atoms with Gasteiger partial charge in [0.2, 0.25) is 0 Å². The Hall–Kier alpha value is -1.63. The Morgan fingerprint density at radius 3 is 2.78 bits per heavy atom. The quantitative estimate of drug-likeness (QED) is 0.483. The minimum Gasteiger partial charge on any atom is -0.393 e. The zero-order valence-corrected chi connectivity index (χ0v) is 17.4. The van der Waals surface area contributed by atoms with E-state index in [4.69, 9.17) is 4.99 Å². The molecule has 0 radical (unpaired) electrons. The Balaban J connectivity index is 1.94. The van der Waals surface area contributed by atoms with Crippen molar-refractivity contribution in [2.75, 3.05) is 26.2 Å². The van der Waals surface area contributed by atoms with Crippen molar-refractivity contribution in [2.45, 2.75) is 78.4 Å². The number of aliphatic hydroxyl groups excluding tert-OH is 1. The summed E-state index contributed by atoms with van der Waals surface area (Å²) in [6, 6.07) is 0. The van der Waals surface area contributed by atoms with Gasteiger partial charge in [-0.3, -0.25) is 4.99 Å². The van der Waals surface area contributed by atoms with Gasteiger partial charge in [-0.05, 0) is 25.2 Å². The van der Waals surface area contributed by atoms with E-state index in [0.717, 1.165) is 63.8 Å². The maximum Gasteiger partial charge on any atom is 0.193 e. The Morgan fingerprint density at radius 2 is 2.11 bits per heavy atom. The van der Waals surface area contributed by atoms with Crippen LogP contribution in [0.4, 0.5) is 0 Å². The van der Waals surface area contributed by atoms with Gasteiger partial charge < -0.3 is 19.9 Å². The lowest BCUT2D eigenvalue weighted by Gasteiger charge is -2.32. The summed E-state index contributed by atoms with van der Waals surface area (Å²) in [5.41, 5.74) is 0. The monoisotopic (exact) mass is 378 g/mol. The third kappa shape index (κ3) is 7.13. The fourth-order valence-electron chi connectivity index (χ4n) is 3.51. The Morgan fingerprint density at radius 1 is 1.33 bits per heavy atom. The van der Waals surface area contributed by atoms with Gasteiger partial charge in [-0.2, -0.15) is 0 Å². The molecule has 2 heterocycles. The Kier molecular flexibility index (Phi) is 9.59. The summed E-state index contributed by atoms with van der Waals surface area (Å²) < 4.78 is 2.10. The van der Waals surface area contributed by atoms with Crippen LogP contribution in [0.15, 0.2) is 11.3 Å². The van der Waals surface area contributed by atoms with Gasteiger partial charge in [-0.25, -0.2) is 0 Å². The van der Waals surface area contributed by atoms with E-state index >= 15 is 0 Å². The molecule has 7 nitrogen and oxygen atoms in total. The second kappa shape index (κ2) is 12.0. The first-order valence-electron chi connectivity index (χ1n) is 10.8. The number of aliphatic hydroxyl groups is 1. The normalized spacial score (nSPS) is 17.3. The van der Waals surface area contributed by atoms with Crippen LogP contribution in [0.3, 0.4) is 0 Å². The lowest BCUT2D eigenvalue weighted by molar-refractivity contribution is 0.108. The van der Waals surface area contributed by atoms with Gasteiger partial charge in [-0.1, -0.05) is 40.0 Å². The van der Waals surface area contributed by atoms with Gasteiger partial charge >= 0.3 is 0 Å². The highest BCUT2D eigenvalue weighted by Gasteiger charge is 2.20. The van der Waals surface area contributed by atoms with Gasteiger partial charge in [0.1, 0.15) is 12.2 Å². The average Bonchev–Trinajstić information content (AvgIpc) is 3.15. The van der Waals surface area contributed by atoms with E-state index < -0.39 is 0 Å².